The molecule has 12 atom stereocenters. The lowest BCUT2D eigenvalue weighted by atomic mass is 9.47. The second kappa shape index (κ2) is 9.66. The molecule has 0 spiro atoms. The number of hydrogen-bond acceptors (Lipinski definition) is 5. The maximum Gasteiger partial charge on any atom is 0.319 e. The molecule has 4 nitrogen and oxygen atoms in total. The third-order valence-electron chi connectivity index (χ3n) is 11.9. The zero-order chi connectivity index (χ0) is 25.1. The van der Waals surface area contributed by atoms with Crippen molar-refractivity contribution in [1.82, 2.24) is 0 Å². The Kier molecular flexibility index (Phi) is 7.20. The van der Waals surface area contributed by atoms with Gasteiger partial charge in [-0.3, -0.25) is 4.79 Å². The Morgan fingerprint density at radius 3 is 2.54 bits per heavy atom. The van der Waals surface area contributed by atoms with Crippen LogP contribution in [0.4, 0.5) is 0 Å². The molecule has 3 saturated carbocycles. The lowest BCUT2D eigenvalue weighted by molar-refractivity contribution is -0.151. The number of thioether (sulfide) groups is 1. The molecule has 0 aromatic carbocycles. The quantitative estimate of drug-likeness (QED) is 0.304. The van der Waals surface area contributed by atoms with Crippen molar-refractivity contribution in [2.45, 2.75) is 103 Å². The maximum atomic E-state index is 12.5. The largest absolute Gasteiger partial charge is 0.458 e. The number of carbonyl (C=O) groups excluding carboxylic acids is 1. The number of ether oxygens (including phenoxy) is 3. The minimum atomic E-state index is -0.131. The molecule has 0 aromatic heterocycles. The van der Waals surface area contributed by atoms with Gasteiger partial charge in [0.25, 0.3) is 0 Å². The van der Waals surface area contributed by atoms with Crippen LogP contribution in [0.1, 0.15) is 79.1 Å². The monoisotopic (exact) mass is 504 g/mol. The number of allylic oxidation sites excluding steroid dienone is 1. The smallest absolute Gasteiger partial charge is 0.319 e. The SMILES string of the molecule is CO[C@H]1CC[C@@]2(C)C(=CC[C@H]3[C@@H]4CC[C@H]([C@H](C)[C@@H](OC)[C@@H]5OC(=O)C(SC)[C@@H]5C)[C@@]4(C)CC[C@@H]32)C1. The lowest BCUT2D eigenvalue weighted by Crippen LogP contribution is -2.52. The van der Waals surface area contributed by atoms with E-state index in [0.29, 0.717) is 28.8 Å². The van der Waals surface area contributed by atoms with Gasteiger partial charge < -0.3 is 14.2 Å². The molecule has 1 aliphatic heterocycles. The first-order valence-corrected chi connectivity index (χ1v) is 15.5. The molecule has 1 heterocycles. The van der Waals surface area contributed by atoms with Crippen LogP contribution < -0.4 is 0 Å². The molecule has 5 aliphatic rings. The van der Waals surface area contributed by atoms with Crippen molar-refractivity contribution >= 4 is 17.7 Å². The van der Waals surface area contributed by atoms with Gasteiger partial charge in [0.2, 0.25) is 0 Å². The molecule has 198 valence electrons. The van der Waals surface area contributed by atoms with Gasteiger partial charge in [-0.1, -0.05) is 39.3 Å². The molecule has 0 N–H and O–H groups in total. The van der Waals surface area contributed by atoms with E-state index in [2.05, 4.69) is 33.8 Å². The number of methoxy groups -OCH3 is 2. The predicted octanol–water partition coefficient (Wildman–Crippen LogP) is 6.52. The summed E-state index contributed by atoms with van der Waals surface area (Å²) in [6, 6.07) is 0. The van der Waals surface area contributed by atoms with E-state index in [1.165, 1.54) is 44.9 Å². The second-order valence-electron chi connectivity index (χ2n) is 13.1. The van der Waals surface area contributed by atoms with Crippen molar-refractivity contribution in [3.8, 4) is 0 Å². The van der Waals surface area contributed by atoms with E-state index in [4.69, 9.17) is 14.2 Å². The predicted molar refractivity (Wildman–Crippen MR) is 142 cm³/mol. The third-order valence-corrected chi connectivity index (χ3v) is 13.1. The minimum Gasteiger partial charge on any atom is -0.458 e. The highest BCUT2D eigenvalue weighted by atomic mass is 32.2. The standard InChI is InChI=1S/C30H48O4S/c1-17(25(33-6)26-18(2)27(35-7)28(31)34-26)22-10-11-23-21-9-8-19-16-20(32-5)12-14-29(19,3)24(21)13-15-30(22,23)4/h8,17-18,20-27H,9-16H2,1-7H3/t17-,18+,20-,21-,22+,23-,24-,25+,26+,27?,29-,30+/m0/s1. The molecule has 1 saturated heterocycles. The molecule has 5 heteroatoms. The highest BCUT2D eigenvalue weighted by Gasteiger charge is 2.60. The number of esters is 1. The van der Waals surface area contributed by atoms with Crippen molar-refractivity contribution in [2.75, 3.05) is 20.5 Å². The summed E-state index contributed by atoms with van der Waals surface area (Å²) in [6.07, 6.45) is 15.1. The van der Waals surface area contributed by atoms with E-state index < -0.39 is 0 Å². The first kappa shape index (κ1) is 26.1. The molecule has 35 heavy (non-hydrogen) atoms. The summed E-state index contributed by atoms with van der Waals surface area (Å²) in [4.78, 5) is 12.5. The first-order chi connectivity index (χ1) is 16.7. The van der Waals surface area contributed by atoms with E-state index in [9.17, 15) is 4.79 Å². The summed E-state index contributed by atoms with van der Waals surface area (Å²) in [7, 11) is 3.71. The fraction of sp³-hybridized carbons (Fsp3) is 0.900. The normalized spacial score (nSPS) is 48.9. The zero-order valence-electron chi connectivity index (χ0n) is 23.0. The molecular weight excluding hydrogens is 456 g/mol. The van der Waals surface area contributed by atoms with Crippen LogP contribution in [0.3, 0.4) is 0 Å². The maximum absolute atomic E-state index is 12.5. The van der Waals surface area contributed by atoms with E-state index in [-0.39, 0.29) is 29.3 Å². The summed E-state index contributed by atoms with van der Waals surface area (Å²) >= 11 is 1.62. The molecule has 4 aliphatic carbocycles. The fourth-order valence-electron chi connectivity index (χ4n) is 9.98. The Morgan fingerprint density at radius 2 is 1.89 bits per heavy atom. The van der Waals surface area contributed by atoms with E-state index in [1.807, 2.05) is 20.5 Å². The summed E-state index contributed by atoms with van der Waals surface area (Å²) in [5.74, 6) is 3.57. The Balaban J connectivity index is 1.36. The topological polar surface area (TPSA) is 44.8 Å². The second-order valence-corrected chi connectivity index (χ2v) is 14.0. The van der Waals surface area contributed by atoms with Crippen LogP contribution in [-0.4, -0.2) is 50.0 Å². The molecular formula is C30H48O4S. The van der Waals surface area contributed by atoms with Crippen LogP contribution in [0.25, 0.3) is 0 Å². The first-order valence-electron chi connectivity index (χ1n) is 14.2. The van der Waals surface area contributed by atoms with Crippen molar-refractivity contribution in [1.29, 1.82) is 0 Å². The molecule has 4 fully saturated rings. The van der Waals surface area contributed by atoms with Crippen LogP contribution in [0.15, 0.2) is 11.6 Å². The van der Waals surface area contributed by atoms with Crippen LogP contribution in [-0.2, 0) is 19.0 Å². The highest BCUT2D eigenvalue weighted by molar-refractivity contribution is 7.99. The minimum absolute atomic E-state index is 0.0240. The summed E-state index contributed by atoms with van der Waals surface area (Å²) < 4.78 is 17.9. The van der Waals surface area contributed by atoms with Gasteiger partial charge in [0.1, 0.15) is 11.4 Å². The van der Waals surface area contributed by atoms with E-state index >= 15 is 0 Å². The zero-order valence-corrected chi connectivity index (χ0v) is 23.9. The van der Waals surface area contributed by atoms with Crippen LogP contribution in [0, 0.1) is 46.3 Å². The summed E-state index contributed by atoms with van der Waals surface area (Å²) in [5, 5.41) is -0.0654. The molecule has 0 bridgehead atoms. The molecule has 0 amide bonds. The van der Waals surface area contributed by atoms with Crippen molar-refractivity contribution in [2.24, 2.45) is 46.3 Å². The molecule has 1 unspecified atom stereocenters. The van der Waals surface area contributed by atoms with Gasteiger partial charge in [-0.25, -0.2) is 0 Å². The van der Waals surface area contributed by atoms with Gasteiger partial charge in [-0.15, -0.1) is 11.8 Å². The van der Waals surface area contributed by atoms with Gasteiger partial charge in [-0.2, -0.15) is 0 Å². The van der Waals surface area contributed by atoms with Crippen molar-refractivity contribution in [3.05, 3.63) is 11.6 Å². The molecule has 5 rings (SSSR count). The number of cyclic esters (lactones) is 1. The average molecular weight is 505 g/mol. The fourth-order valence-corrected chi connectivity index (χ4v) is 10.8. The van der Waals surface area contributed by atoms with Gasteiger partial charge in [0, 0.05) is 20.1 Å². The molecule has 0 aromatic rings. The summed E-state index contributed by atoms with van der Waals surface area (Å²) in [6.45, 7) is 9.74. The molecule has 0 radical (unpaired) electrons. The number of rotatable bonds is 6. The number of hydrogen-bond donors (Lipinski definition) is 0. The Hall–Kier alpha value is -0.520. The van der Waals surface area contributed by atoms with Crippen LogP contribution in [0.2, 0.25) is 0 Å². The van der Waals surface area contributed by atoms with Gasteiger partial charge >= 0.3 is 5.97 Å². The van der Waals surface area contributed by atoms with E-state index in [1.54, 1.807) is 17.3 Å². The highest BCUT2D eigenvalue weighted by Crippen LogP contribution is 2.67. The van der Waals surface area contributed by atoms with E-state index in [0.717, 1.165) is 24.2 Å². The Morgan fingerprint density at radius 1 is 1.11 bits per heavy atom. The van der Waals surface area contributed by atoms with Gasteiger partial charge in [-0.05, 0) is 98.0 Å². The average Bonchev–Trinajstić information content (AvgIpc) is 3.34. The van der Waals surface area contributed by atoms with Crippen molar-refractivity contribution < 1.29 is 19.0 Å². The van der Waals surface area contributed by atoms with Gasteiger partial charge in [0.05, 0.1) is 12.2 Å². The Bertz CT molecular complexity index is 842. The summed E-state index contributed by atoms with van der Waals surface area (Å²) in [5.41, 5.74) is 2.43. The number of carbonyl (C=O) groups is 1. The third kappa shape index (κ3) is 3.96. The van der Waals surface area contributed by atoms with Gasteiger partial charge in [0.15, 0.2) is 0 Å². The Labute approximate surface area is 217 Å². The van der Waals surface area contributed by atoms with Crippen molar-refractivity contribution in [3.63, 3.8) is 0 Å². The van der Waals surface area contributed by atoms with Crippen LogP contribution >= 0.6 is 11.8 Å². The lowest BCUT2D eigenvalue weighted by Gasteiger charge is -2.58. The number of fused-ring (bicyclic) bond motifs is 5. The van der Waals surface area contributed by atoms with Crippen LogP contribution in [0.5, 0.6) is 0 Å².